The lowest BCUT2D eigenvalue weighted by Crippen LogP contribution is -2.44. The van der Waals surface area contributed by atoms with Gasteiger partial charge < -0.3 is 13.9 Å². The van der Waals surface area contributed by atoms with Gasteiger partial charge in [-0.1, -0.05) is 66.7 Å². The van der Waals surface area contributed by atoms with Crippen LogP contribution in [-0.4, -0.2) is 39.1 Å². The van der Waals surface area contributed by atoms with Crippen molar-refractivity contribution in [1.82, 2.24) is 0 Å². The minimum Gasteiger partial charge on any atom is -0.460 e. The molecule has 0 unspecified atom stereocenters. The van der Waals surface area contributed by atoms with Crippen LogP contribution in [0, 0.1) is 0 Å². The molecule has 186 valence electrons. The van der Waals surface area contributed by atoms with Crippen LogP contribution in [0.1, 0.15) is 99.3 Å². The number of unbranched alkanes of at least 4 members (excludes halogenated alkanes) is 4. The molecule has 0 bridgehead atoms. The molecule has 0 aliphatic rings. The summed E-state index contributed by atoms with van der Waals surface area (Å²) in [7, 11) is -1.95. The fraction of sp³-hybridized carbons (Fsp3) is 0.808. The number of rotatable bonds is 17. The van der Waals surface area contributed by atoms with E-state index in [0.717, 1.165) is 51.4 Å². The lowest BCUT2D eigenvalue weighted by atomic mass is 10.0. The van der Waals surface area contributed by atoms with Gasteiger partial charge in [-0.05, 0) is 49.5 Å². The van der Waals surface area contributed by atoms with Crippen LogP contribution in [0.15, 0.2) is 17.9 Å². The van der Waals surface area contributed by atoms with Crippen LogP contribution in [0.5, 0.6) is 0 Å². The second kappa shape index (κ2) is 16.3. The highest BCUT2D eigenvalue weighted by molar-refractivity contribution is 6.74. The molecule has 0 aliphatic heterocycles. The molecule has 0 aromatic rings. The largest absolute Gasteiger partial charge is 0.460 e. The van der Waals surface area contributed by atoms with Gasteiger partial charge in [-0.2, -0.15) is 0 Å². The molecule has 0 aromatic heterocycles. The average Bonchev–Trinajstić information content (AvgIpc) is 2.66. The van der Waals surface area contributed by atoms with Gasteiger partial charge in [0.1, 0.15) is 12.2 Å². The Kier molecular flexibility index (Phi) is 15.6. The molecule has 0 aliphatic carbocycles. The molecule has 0 amide bonds. The number of carbonyl (C=O) groups excluding carboxylic acids is 2. The van der Waals surface area contributed by atoms with Crippen LogP contribution in [0.2, 0.25) is 18.1 Å². The summed E-state index contributed by atoms with van der Waals surface area (Å²) in [5.74, 6) is -0.323. The monoisotopic (exact) mass is 468 g/mol. The smallest absolute Gasteiger partial charge is 0.303 e. The first kappa shape index (κ1) is 30.6. The minimum absolute atomic E-state index is 0.0245. The predicted octanol–water partition coefficient (Wildman–Crippen LogP) is 7.11. The van der Waals surface area contributed by atoms with Crippen LogP contribution in [0.25, 0.3) is 0 Å². The molecule has 0 saturated carbocycles. The standard InChI is InChI=1S/C26H48O5Si/c1-9-11-13-16-23(29-21-27)18-15-19-24(30-22(3)28)20-25(17-14-12-10-2)31-32(7,8)26(4,5)6/h18-19,21,23-25H,9-14,16-17,20H2,1-8H3/t15?,23-,24-,25+/m1/s1. The Morgan fingerprint density at radius 2 is 1.53 bits per heavy atom. The van der Waals surface area contributed by atoms with Crippen molar-refractivity contribution in [3.05, 3.63) is 17.9 Å². The first-order valence-corrected chi connectivity index (χ1v) is 15.2. The van der Waals surface area contributed by atoms with Crippen LogP contribution in [0.3, 0.4) is 0 Å². The van der Waals surface area contributed by atoms with Crippen molar-refractivity contribution in [2.45, 2.75) is 136 Å². The summed E-state index contributed by atoms with van der Waals surface area (Å²) in [5, 5.41) is 0.112. The Balaban J connectivity index is 5.47. The highest BCUT2D eigenvalue weighted by Gasteiger charge is 2.39. The van der Waals surface area contributed by atoms with E-state index in [1.54, 1.807) is 12.2 Å². The maximum Gasteiger partial charge on any atom is 0.303 e. The van der Waals surface area contributed by atoms with E-state index in [0.29, 0.717) is 12.9 Å². The summed E-state index contributed by atoms with van der Waals surface area (Å²) in [4.78, 5) is 22.5. The topological polar surface area (TPSA) is 61.8 Å². The molecule has 0 spiro atoms. The molecule has 0 rings (SSSR count). The van der Waals surface area contributed by atoms with Crippen molar-refractivity contribution in [2.75, 3.05) is 0 Å². The van der Waals surface area contributed by atoms with Crippen molar-refractivity contribution < 1.29 is 23.5 Å². The van der Waals surface area contributed by atoms with Crippen molar-refractivity contribution >= 4 is 20.8 Å². The maximum atomic E-state index is 11.7. The zero-order valence-electron chi connectivity index (χ0n) is 21.9. The summed E-state index contributed by atoms with van der Waals surface area (Å²) in [5.41, 5.74) is 3.11. The number of esters is 1. The van der Waals surface area contributed by atoms with Crippen molar-refractivity contribution in [2.24, 2.45) is 0 Å². The summed E-state index contributed by atoms with van der Waals surface area (Å²) < 4.78 is 17.4. The summed E-state index contributed by atoms with van der Waals surface area (Å²) in [6.45, 7) is 17.5. The van der Waals surface area contributed by atoms with Crippen LogP contribution in [-0.2, 0) is 23.5 Å². The Morgan fingerprint density at radius 1 is 0.969 bits per heavy atom. The predicted molar refractivity (Wildman–Crippen MR) is 134 cm³/mol. The van der Waals surface area contributed by atoms with Gasteiger partial charge >= 0.3 is 5.97 Å². The number of ether oxygens (including phenoxy) is 2. The quantitative estimate of drug-likeness (QED) is 0.0748. The van der Waals surface area contributed by atoms with E-state index in [9.17, 15) is 9.59 Å². The van der Waals surface area contributed by atoms with E-state index in [4.69, 9.17) is 13.9 Å². The zero-order valence-corrected chi connectivity index (χ0v) is 22.9. The number of hydrogen-bond donors (Lipinski definition) is 0. The van der Waals surface area contributed by atoms with E-state index in [-0.39, 0.29) is 23.2 Å². The third-order valence-electron chi connectivity index (χ3n) is 6.10. The molecule has 0 fully saturated rings. The Bertz CT molecular complexity index is 588. The third kappa shape index (κ3) is 13.9. The summed E-state index contributed by atoms with van der Waals surface area (Å²) in [6.07, 6.45) is 11.7. The third-order valence-corrected chi connectivity index (χ3v) is 10.6. The average molecular weight is 469 g/mol. The first-order valence-electron chi connectivity index (χ1n) is 12.3. The summed E-state index contributed by atoms with van der Waals surface area (Å²) >= 11 is 0. The number of carbonyl (C=O) groups is 2. The van der Waals surface area contributed by atoms with Gasteiger partial charge in [-0.15, -0.1) is 5.73 Å². The molecule has 0 radical (unpaired) electrons. The molecule has 3 atom stereocenters. The summed E-state index contributed by atoms with van der Waals surface area (Å²) in [6, 6.07) is 0. The van der Waals surface area contributed by atoms with Crippen LogP contribution >= 0.6 is 0 Å². The lowest BCUT2D eigenvalue weighted by molar-refractivity contribution is -0.145. The van der Waals surface area contributed by atoms with Gasteiger partial charge in [0.25, 0.3) is 6.47 Å². The normalized spacial score (nSPS) is 14.6. The molecule has 0 N–H and O–H groups in total. The fourth-order valence-electron chi connectivity index (χ4n) is 3.19. The molecule has 0 saturated heterocycles. The molecule has 0 aromatic carbocycles. The van der Waals surface area contributed by atoms with E-state index in [1.807, 2.05) is 0 Å². The maximum absolute atomic E-state index is 11.7. The molecule has 32 heavy (non-hydrogen) atoms. The van der Waals surface area contributed by atoms with E-state index >= 15 is 0 Å². The molecule has 0 heterocycles. The fourth-order valence-corrected chi connectivity index (χ4v) is 4.59. The second-order valence-corrected chi connectivity index (χ2v) is 14.9. The van der Waals surface area contributed by atoms with Gasteiger partial charge in [-0.25, -0.2) is 0 Å². The Labute approximate surface area is 198 Å². The van der Waals surface area contributed by atoms with Crippen molar-refractivity contribution in [3.8, 4) is 0 Å². The highest BCUT2D eigenvalue weighted by atomic mass is 28.4. The molecule has 5 nitrogen and oxygen atoms in total. The van der Waals surface area contributed by atoms with E-state index < -0.39 is 14.4 Å². The zero-order chi connectivity index (χ0) is 24.6. The second-order valence-electron chi connectivity index (χ2n) is 10.1. The highest BCUT2D eigenvalue weighted by Crippen LogP contribution is 2.38. The number of hydrogen-bond acceptors (Lipinski definition) is 5. The minimum atomic E-state index is -1.95. The van der Waals surface area contributed by atoms with E-state index in [2.05, 4.69) is 53.4 Å². The van der Waals surface area contributed by atoms with Gasteiger partial charge in [0, 0.05) is 19.4 Å². The Morgan fingerprint density at radius 3 is 2.03 bits per heavy atom. The molecule has 6 heteroatoms. The van der Waals surface area contributed by atoms with Gasteiger partial charge in [0.2, 0.25) is 0 Å². The van der Waals surface area contributed by atoms with E-state index in [1.165, 1.54) is 6.92 Å². The lowest BCUT2D eigenvalue weighted by Gasteiger charge is -2.40. The van der Waals surface area contributed by atoms with Crippen LogP contribution in [0.4, 0.5) is 0 Å². The first-order chi connectivity index (χ1) is 15.0. The van der Waals surface area contributed by atoms with Crippen molar-refractivity contribution in [3.63, 3.8) is 0 Å². The molecular weight excluding hydrogens is 420 g/mol. The van der Waals surface area contributed by atoms with Gasteiger partial charge in [-0.3, -0.25) is 9.59 Å². The SMILES string of the molecule is CCCCC[C@@H](C[C@@H](C=C=C[C@@H](CCCCC)OC=O)OC(C)=O)O[Si](C)(C)C(C)(C)C. The van der Waals surface area contributed by atoms with Gasteiger partial charge in [0.05, 0.1) is 0 Å². The van der Waals surface area contributed by atoms with Crippen molar-refractivity contribution in [1.29, 1.82) is 0 Å². The Hall–Kier alpha value is -1.36. The van der Waals surface area contributed by atoms with Gasteiger partial charge in [0.15, 0.2) is 8.32 Å². The van der Waals surface area contributed by atoms with Crippen LogP contribution < -0.4 is 0 Å². The molecular formula is C26H48O5Si.